The molecule has 0 saturated carbocycles. The molecule has 0 aliphatic rings. The molecule has 2 nitrogen and oxygen atoms in total. The highest BCUT2D eigenvalue weighted by molar-refractivity contribution is 5.75. The molecule has 2 aromatic carbocycles. The number of hydrogen-bond acceptors (Lipinski definition) is 2. The number of rotatable bonds is 7. The van der Waals surface area contributed by atoms with Crippen molar-refractivity contribution in [2.75, 3.05) is 6.61 Å². The lowest BCUT2D eigenvalue weighted by Gasteiger charge is -2.14. The van der Waals surface area contributed by atoms with Gasteiger partial charge in [-0.3, -0.25) is 0 Å². The number of aliphatic hydroxyl groups is 1. The average molecular weight is 280 g/mol. The maximum Gasteiger partial charge on any atom is 0.120 e. The van der Waals surface area contributed by atoms with E-state index < -0.39 is 0 Å². The van der Waals surface area contributed by atoms with E-state index in [1.165, 1.54) is 0 Å². The molecule has 0 atom stereocenters. The Kier molecular flexibility index (Phi) is 5.35. The average Bonchev–Trinajstić information content (AvgIpc) is 2.54. The van der Waals surface area contributed by atoms with Crippen LogP contribution >= 0.6 is 0 Å². The summed E-state index contributed by atoms with van der Waals surface area (Å²) in [7, 11) is 0. The third kappa shape index (κ3) is 4.07. The van der Waals surface area contributed by atoms with E-state index in [1.807, 2.05) is 54.6 Å². The molecule has 2 aromatic rings. The van der Waals surface area contributed by atoms with Crippen molar-refractivity contribution in [1.29, 1.82) is 0 Å². The highest BCUT2D eigenvalue weighted by atomic mass is 16.5. The summed E-state index contributed by atoms with van der Waals surface area (Å²) in [6.07, 6.45) is 0.545. The monoisotopic (exact) mass is 280 g/mol. The fourth-order valence-corrected chi connectivity index (χ4v) is 2.13. The highest BCUT2D eigenvalue weighted by Gasteiger charge is 2.09. The third-order valence-electron chi connectivity index (χ3n) is 3.28. The highest BCUT2D eigenvalue weighted by Crippen LogP contribution is 2.26. The minimum absolute atomic E-state index is 0.0878. The molecule has 0 aliphatic carbocycles. The van der Waals surface area contributed by atoms with Gasteiger partial charge in [0.15, 0.2) is 0 Å². The van der Waals surface area contributed by atoms with E-state index in [4.69, 9.17) is 9.84 Å². The Labute approximate surface area is 126 Å². The van der Waals surface area contributed by atoms with Gasteiger partial charge in [0, 0.05) is 12.2 Å². The normalized spacial score (nSPS) is 10.1. The molecule has 108 valence electrons. The first-order valence-corrected chi connectivity index (χ1v) is 6.96. The molecule has 0 amide bonds. The van der Waals surface area contributed by atoms with Gasteiger partial charge in [-0.2, -0.15) is 0 Å². The summed E-state index contributed by atoms with van der Waals surface area (Å²) in [5.74, 6) is 0.619. The molecule has 1 N–H and O–H groups in total. The van der Waals surface area contributed by atoms with Gasteiger partial charge < -0.3 is 9.84 Å². The van der Waals surface area contributed by atoms with Gasteiger partial charge in [-0.15, -0.1) is 0 Å². The first kappa shape index (κ1) is 15.1. The van der Waals surface area contributed by atoms with Crippen molar-refractivity contribution in [3.05, 3.63) is 84.4 Å². The van der Waals surface area contributed by atoms with Crippen molar-refractivity contribution in [3.8, 4) is 0 Å². The van der Waals surface area contributed by atoms with Crippen LogP contribution in [0, 0.1) is 0 Å². The summed E-state index contributed by atoms with van der Waals surface area (Å²) in [6, 6.07) is 17.8. The first-order chi connectivity index (χ1) is 10.2. The molecule has 21 heavy (non-hydrogen) atoms. The van der Waals surface area contributed by atoms with E-state index in [2.05, 4.69) is 13.2 Å². The van der Waals surface area contributed by atoms with Gasteiger partial charge >= 0.3 is 0 Å². The van der Waals surface area contributed by atoms with Crippen LogP contribution in [-0.4, -0.2) is 11.7 Å². The van der Waals surface area contributed by atoms with E-state index in [0.717, 1.165) is 22.3 Å². The molecule has 0 saturated heterocycles. The van der Waals surface area contributed by atoms with Crippen LogP contribution in [0.1, 0.15) is 23.1 Å². The lowest BCUT2D eigenvalue weighted by atomic mass is 9.98. The molecular weight excluding hydrogens is 260 g/mol. The summed E-state index contributed by atoms with van der Waals surface area (Å²) in [4.78, 5) is 0. The summed E-state index contributed by atoms with van der Waals surface area (Å²) in [6.45, 7) is 8.61. The van der Waals surface area contributed by atoms with Gasteiger partial charge in [0.05, 0.1) is 0 Å². The van der Waals surface area contributed by atoms with Crippen molar-refractivity contribution in [1.82, 2.24) is 0 Å². The van der Waals surface area contributed by atoms with E-state index in [1.54, 1.807) is 0 Å². The first-order valence-electron chi connectivity index (χ1n) is 6.96. The zero-order chi connectivity index (χ0) is 15.1. The molecule has 0 fully saturated rings. The summed E-state index contributed by atoms with van der Waals surface area (Å²) in [5, 5.41) is 9.07. The van der Waals surface area contributed by atoms with E-state index in [-0.39, 0.29) is 6.61 Å². The molecule has 0 radical (unpaired) electrons. The minimum atomic E-state index is 0.0878. The molecule has 0 spiro atoms. The SMILES string of the molecule is C=C(CCO)c1ccccc1C(=C)OCc1ccccc1. The van der Waals surface area contributed by atoms with Gasteiger partial charge in [-0.05, 0) is 23.1 Å². The maximum absolute atomic E-state index is 9.07. The van der Waals surface area contributed by atoms with Crippen LogP contribution in [0.15, 0.2) is 67.8 Å². The van der Waals surface area contributed by atoms with E-state index >= 15 is 0 Å². The van der Waals surface area contributed by atoms with Crippen LogP contribution in [0.25, 0.3) is 11.3 Å². The zero-order valence-corrected chi connectivity index (χ0v) is 12.1. The van der Waals surface area contributed by atoms with Gasteiger partial charge in [0.25, 0.3) is 0 Å². The Hall–Kier alpha value is -2.32. The lowest BCUT2D eigenvalue weighted by Crippen LogP contribution is -1.97. The standard InChI is InChI=1S/C19H20O2/c1-15(12-13-20)18-10-6-7-11-19(18)16(2)21-14-17-8-4-3-5-9-17/h3-11,20H,1-2,12-14H2. The summed E-state index contributed by atoms with van der Waals surface area (Å²) < 4.78 is 5.78. The van der Waals surface area contributed by atoms with E-state index in [0.29, 0.717) is 18.8 Å². The van der Waals surface area contributed by atoms with Crippen LogP contribution in [-0.2, 0) is 11.3 Å². The number of aliphatic hydroxyl groups excluding tert-OH is 1. The van der Waals surface area contributed by atoms with Gasteiger partial charge in [0.2, 0.25) is 0 Å². The number of hydrogen-bond donors (Lipinski definition) is 1. The van der Waals surface area contributed by atoms with Crippen molar-refractivity contribution >= 4 is 11.3 Å². The lowest BCUT2D eigenvalue weighted by molar-refractivity contribution is 0.265. The second kappa shape index (κ2) is 7.46. The molecule has 0 unspecified atom stereocenters. The Morgan fingerprint density at radius 2 is 1.52 bits per heavy atom. The molecule has 0 heterocycles. The number of benzene rings is 2. The van der Waals surface area contributed by atoms with Crippen LogP contribution in [0.3, 0.4) is 0 Å². The topological polar surface area (TPSA) is 29.5 Å². The van der Waals surface area contributed by atoms with Crippen molar-refractivity contribution in [2.24, 2.45) is 0 Å². The second-order valence-electron chi connectivity index (χ2n) is 4.82. The Morgan fingerprint density at radius 1 is 0.905 bits per heavy atom. The molecule has 0 bridgehead atoms. The van der Waals surface area contributed by atoms with Gasteiger partial charge in [-0.25, -0.2) is 0 Å². The predicted octanol–water partition coefficient (Wildman–Crippen LogP) is 4.27. The summed E-state index contributed by atoms with van der Waals surface area (Å²) >= 11 is 0. The smallest absolute Gasteiger partial charge is 0.120 e. The Bertz CT molecular complexity index is 614. The van der Waals surface area contributed by atoms with Gasteiger partial charge in [0.1, 0.15) is 12.4 Å². The quantitative estimate of drug-likeness (QED) is 0.767. The largest absolute Gasteiger partial charge is 0.489 e. The molecule has 0 aliphatic heterocycles. The number of ether oxygens (including phenoxy) is 1. The fraction of sp³-hybridized carbons (Fsp3) is 0.158. The van der Waals surface area contributed by atoms with Crippen molar-refractivity contribution in [2.45, 2.75) is 13.0 Å². The Morgan fingerprint density at radius 3 is 2.19 bits per heavy atom. The van der Waals surface area contributed by atoms with Crippen LogP contribution < -0.4 is 0 Å². The molecular formula is C19H20O2. The van der Waals surface area contributed by atoms with Gasteiger partial charge in [-0.1, -0.05) is 67.8 Å². The third-order valence-corrected chi connectivity index (χ3v) is 3.28. The minimum Gasteiger partial charge on any atom is -0.489 e. The fourth-order valence-electron chi connectivity index (χ4n) is 2.13. The molecule has 0 aromatic heterocycles. The van der Waals surface area contributed by atoms with Crippen molar-refractivity contribution < 1.29 is 9.84 Å². The summed E-state index contributed by atoms with van der Waals surface area (Å²) in [5.41, 5.74) is 3.89. The van der Waals surface area contributed by atoms with Crippen LogP contribution in [0.5, 0.6) is 0 Å². The molecule has 2 heteroatoms. The second-order valence-corrected chi connectivity index (χ2v) is 4.82. The molecule has 2 rings (SSSR count). The predicted molar refractivity (Wildman–Crippen MR) is 87.4 cm³/mol. The Balaban J connectivity index is 2.10. The zero-order valence-electron chi connectivity index (χ0n) is 12.1. The van der Waals surface area contributed by atoms with Crippen molar-refractivity contribution in [3.63, 3.8) is 0 Å². The van der Waals surface area contributed by atoms with E-state index in [9.17, 15) is 0 Å². The maximum atomic E-state index is 9.07. The van der Waals surface area contributed by atoms with Crippen LogP contribution in [0.4, 0.5) is 0 Å². The van der Waals surface area contributed by atoms with Crippen LogP contribution in [0.2, 0.25) is 0 Å².